The summed E-state index contributed by atoms with van der Waals surface area (Å²) in [6, 6.07) is 16.3. The second kappa shape index (κ2) is 10.0. The van der Waals surface area contributed by atoms with Crippen molar-refractivity contribution < 1.29 is 18.7 Å². The summed E-state index contributed by atoms with van der Waals surface area (Å²) in [6.07, 6.45) is 1.57. The maximum absolute atomic E-state index is 13.6. The zero-order chi connectivity index (χ0) is 21.3. The SMILES string of the molecule is COc1ccccc1Nc1ncccc1C(=O)NCCNC(=O)c1ccccc1F. The molecule has 2 aromatic carbocycles. The molecule has 0 saturated carbocycles. The zero-order valence-corrected chi connectivity index (χ0v) is 16.3. The molecule has 30 heavy (non-hydrogen) atoms. The predicted octanol–water partition coefficient (Wildman–Crippen LogP) is 3.13. The highest BCUT2D eigenvalue weighted by Crippen LogP contribution is 2.27. The number of hydrogen-bond acceptors (Lipinski definition) is 5. The quantitative estimate of drug-likeness (QED) is 0.498. The number of amides is 2. The smallest absolute Gasteiger partial charge is 0.255 e. The van der Waals surface area contributed by atoms with Crippen molar-refractivity contribution in [2.24, 2.45) is 0 Å². The summed E-state index contributed by atoms with van der Waals surface area (Å²) < 4.78 is 18.9. The summed E-state index contributed by atoms with van der Waals surface area (Å²) >= 11 is 0. The molecule has 0 radical (unpaired) electrons. The molecular weight excluding hydrogens is 387 g/mol. The summed E-state index contributed by atoms with van der Waals surface area (Å²) in [4.78, 5) is 28.8. The molecule has 0 saturated heterocycles. The monoisotopic (exact) mass is 408 g/mol. The second-order valence-electron chi connectivity index (χ2n) is 6.22. The number of methoxy groups -OCH3 is 1. The number of carbonyl (C=O) groups excluding carboxylic acids is 2. The average Bonchev–Trinajstić information content (AvgIpc) is 2.77. The number of rotatable bonds is 8. The van der Waals surface area contributed by atoms with Gasteiger partial charge >= 0.3 is 0 Å². The van der Waals surface area contributed by atoms with Gasteiger partial charge < -0.3 is 20.7 Å². The van der Waals surface area contributed by atoms with Crippen LogP contribution in [-0.2, 0) is 0 Å². The van der Waals surface area contributed by atoms with E-state index in [1.807, 2.05) is 18.2 Å². The van der Waals surface area contributed by atoms with Crippen LogP contribution in [0.2, 0.25) is 0 Å². The lowest BCUT2D eigenvalue weighted by Gasteiger charge is -2.13. The van der Waals surface area contributed by atoms with Crippen LogP contribution in [0.4, 0.5) is 15.9 Å². The van der Waals surface area contributed by atoms with Crippen LogP contribution in [0.5, 0.6) is 5.75 Å². The molecule has 0 unspecified atom stereocenters. The van der Waals surface area contributed by atoms with Gasteiger partial charge in [0.25, 0.3) is 11.8 Å². The molecular formula is C22H21FN4O3. The van der Waals surface area contributed by atoms with Gasteiger partial charge in [-0.3, -0.25) is 9.59 Å². The van der Waals surface area contributed by atoms with E-state index in [0.29, 0.717) is 22.8 Å². The van der Waals surface area contributed by atoms with Gasteiger partial charge in [0.05, 0.1) is 23.9 Å². The Labute approximate surface area is 173 Å². The highest BCUT2D eigenvalue weighted by molar-refractivity contribution is 5.99. The number of nitrogens with one attached hydrogen (secondary N) is 3. The number of aromatic nitrogens is 1. The van der Waals surface area contributed by atoms with E-state index < -0.39 is 11.7 Å². The number of pyridine rings is 1. The molecule has 0 bridgehead atoms. The van der Waals surface area contributed by atoms with E-state index in [2.05, 4.69) is 20.9 Å². The minimum Gasteiger partial charge on any atom is -0.495 e. The van der Waals surface area contributed by atoms with Crippen LogP contribution in [-0.4, -0.2) is 37.0 Å². The molecule has 3 rings (SSSR count). The van der Waals surface area contributed by atoms with Crippen LogP contribution in [0.3, 0.4) is 0 Å². The van der Waals surface area contributed by atoms with Crippen LogP contribution in [0.25, 0.3) is 0 Å². The first kappa shape index (κ1) is 20.8. The Morgan fingerprint density at radius 1 is 0.900 bits per heavy atom. The summed E-state index contributed by atoms with van der Waals surface area (Å²) in [6.45, 7) is 0.316. The fourth-order valence-corrected chi connectivity index (χ4v) is 2.75. The van der Waals surface area contributed by atoms with E-state index in [0.717, 1.165) is 0 Å². The number of carbonyl (C=O) groups is 2. The topological polar surface area (TPSA) is 92.3 Å². The molecule has 0 aliphatic rings. The number of anilines is 2. The largest absolute Gasteiger partial charge is 0.495 e. The fourth-order valence-electron chi connectivity index (χ4n) is 2.75. The molecule has 0 aliphatic carbocycles. The highest BCUT2D eigenvalue weighted by atomic mass is 19.1. The standard InChI is InChI=1S/C22H21FN4O3/c1-30-19-11-5-4-10-18(19)27-20-16(8-6-12-24-20)22(29)26-14-13-25-21(28)15-7-2-3-9-17(15)23/h2-12H,13-14H2,1H3,(H,24,27)(H,25,28)(H,26,29). The molecule has 7 nitrogen and oxygen atoms in total. The van der Waals surface area contributed by atoms with Crippen molar-refractivity contribution >= 4 is 23.3 Å². The first-order valence-electron chi connectivity index (χ1n) is 9.26. The summed E-state index contributed by atoms with van der Waals surface area (Å²) in [5, 5.41) is 8.39. The van der Waals surface area contributed by atoms with Crippen molar-refractivity contribution in [3.63, 3.8) is 0 Å². The van der Waals surface area contributed by atoms with Crippen molar-refractivity contribution in [3.05, 3.63) is 83.8 Å². The summed E-state index contributed by atoms with van der Waals surface area (Å²) in [7, 11) is 1.56. The van der Waals surface area contributed by atoms with Crippen molar-refractivity contribution in [3.8, 4) is 5.75 Å². The highest BCUT2D eigenvalue weighted by Gasteiger charge is 2.14. The van der Waals surface area contributed by atoms with Gasteiger partial charge in [-0.15, -0.1) is 0 Å². The van der Waals surface area contributed by atoms with Crippen LogP contribution >= 0.6 is 0 Å². The molecule has 8 heteroatoms. The van der Waals surface area contributed by atoms with Gasteiger partial charge in [0, 0.05) is 19.3 Å². The van der Waals surface area contributed by atoms with Gasteiger partial charge in [-0.1, -0.05) is 24.3 Å². The minimum atomic E-state index is -0.596. The van der Waals surface area contributed by atoms with Gasteiger partial charge in [0.1, 0.15) is 17.4 Å². The molecule has 3 aromatic rings. The number of para-hydroxylation sites is 2. The molecule has 1 heterocycles. The molecule has 1 aromatic heterocycles. The molecule has 0 spiro atoms. The summed E-state index contributed by atoms with van der Waals surface area (Å²) in [5.74, 6) is -0.510. The predicted molar refractivity (Wildman–Crippen MR) is 112 cm³/mol. The number of benzene rings is 2. The van der Waals surface area contributed by atoms with E-state index in [-0.39, 0.29) is 24.6 Å². The lowest BCUT2D eigenvalue weighted by molar-refractivity contribution is 0.0925. The Kier molecular flexibility index (Phi) is 6.94. The Hall–Kier alpha value is -3.94. The molecule has 3 N–H and O–H groups in total. The van der Waals surface area contributed by atoms with E-state index in [1.165, 1.54) is 18.2 Å². The lowest BCUT2D eigenvalue weighted by atomic mass is 10.2. The minimum absolute atomic E-state index is 0.0422. The third-order valence-corrected chi connectivity index (χ3v) is 4.23. The van der Waals surface area contributed by atoms with Gasteiger partial charge in [0.15, 0.2) is 0 Å². The number of halogens is 1. The first-order valence-corrected chi connectivity index (χ1v) is 9.26. The average molecular weight is 408 g/mol. The van der Waals surface area contributed by atoms with Gasteiger partial charge in [0.2, 0.25) is 0 Å². The second-order valence-corrected chi connectivity index (χ2v) is 6.22. The Morgan fingerprint density at radius 3 is 2.27 bits per heavy atom. The summed E-state index contributed by atoms with van der Waals surface area (Å²) in [5.41, 5.74) is 0.966. The number of ether oxygens (including phenoxy) is 1. The first-order chi connectivity index (χ1) is 14.6. The maximum atomic E-state index is 13.6. The normalized spacial score (nSPS) is 10.2. The van der Waals surface area contributed by atoms with E-state index in [4.69, 9.17) is 4.74 Å². The van der Waals surface area contributed by atoms with Crippen LogP contribution < -0.4 is 20.7 Å². The van der Waals surface area contributed by atoms with Crippen molar-refractivity contribution in [1.82, 2.24) is 15.6 Å². The Morgan fingerprint density at radius 2 is 1.53 bits per heavy atom. The Bertz CT molecular complexity index is 1040. The fraction of sp³-hybridized carbons (Fsp3) is 0.136. The van der Waals surface area contributed by atoms with Crippen LogP contribution in [0, 0.1) is 5.82 Å². The number of hydrogen-bond donors (Lipinski definition) is 3. The molecule has 0 atom stereocenters. The van der Waals surface area contributed by atoms with Crippen molar-refractivity contribution in [2.75, 3.05) is 25.5 Å². The van der Waals surface area contributed by atoms with Gasteiger partial charge in [-0.25, -0.2) is 9.37 Å². The number of nitrogens with zero attached hydrogens (tertiary/aromatic N) is 1. The van der Waals surface area contributed by atoms with Crippen molar-refractivity contribution in [2.45, 2.75) is 0 Å². The van der Waals surface area contributed by atoms with Crippen LogP contribution in [0.15, 0.2) is 66.9 Å². The Balaban J connectivity index is 1.58. The lowest BCUT2D eigenvalue weighted by Crippen LogP contribution is -2.35. The third-order valence-electron chi connectivity index (χ3n) is 4.23. The van der Waals surface area contributed by atoms with E-state index in [1.54, 1.807) is 37.6 Å². The molecule has 154 valence electrons. The maximum Gasteiger partial charge on any atom is 0.255 e. The van der Waals surface area contributed by atoms with Crippen molar-refractivity contribution in [1.29, 1.82) is 0 Å². The zero-order valence-electron chi connectivity index (χ0n) is 16.3. The van der Waals surface area contributed by atoms with Gasteiger partial charge in [-0.05, 0) is 36.4 Å². The third kappa shape index (κ3) is 5.11. The van der Waals surface area contributed by atoms with Crippen LogP contribution in [0.1, 0.15) is 20.7 Å². The van der Waals surface area contributed by atoms with Gasteiger partial charge in [-0.2, -0.15) is 0 Å². The van der Waals surface area contributed by atoms with E-state index >= 15 is 0 Å². The molecule has 0 fully saturated rings. The molecule has 2 amide bonds. The van der Waals surface area contributed by atoms with E-state index in [9.17, 15) is 14.0 Å². The molecule has 0 aliphatic heterocycles.